The fraction of sp³-hybridized carbons (Fsp3) is 0.652. The van der Waals surface area contributed by atoms with Gasteiger partial charge in [0.2, 0.25) is 5.91 Å². The van der Waals surface area contributed by atoms with Crippen molar-refractivity contribution in [3.63, 3.8) is 0 Å². The van der Waals surface area contributed by atoms with Crippen molar-refractivity contribution in [2.75, 3.05) is 17.7 Å². The molecule has 180 valence electrons. The molecule has 0 unspecified atom stereocenters. The van der Waals surface area contributed by atoms with Crippen molar-refractivity contribution in [2.24, 2.45) is 5.92 Å². The number of esters is 2. The first-order valence-electron chi connectivity index (χ1n) is 11.4. The maximum absolute atomic E-state index is 12.9. The van der Waals surface area contributed by atoms with E-state index >= 15 is 0 Å². The highest BCUT2D eigenvalue weighted by atomic mass is 32.2. The summed E-state index contributed by atoms with van der Waals surface area (Å²) in [7, 11) is 0. The molecule has 0 aromatic carbocycles. The lowest BCUT2D eigenvalue weighted by Gasteiger charge is -2.29. The molecule has 4 atom stereocenters. The van der Waals surface area contributed by atoms with Gasteiger partial charge in [-0.1, -0.05) is 6.92 Å². The number of carbonyl (C=O) groups excluding carboxylic acids is 4. The normalized spacial score (nSPS) is 27.0. The molecule has 1 N–H and O–H groups in total. The highest BCUT2D eigenvalue weighted by molar-refractivity contribution is 8.01. The molecule has 3 aliphatic rings. The lowest BCUT2D eigenvalue weighted by molar-refractivity contribution is -0.160. The van der Waals surface area contributed by atoms with Gasteiger partial charge in [0.05, 0.1) is 17.0 Å². The van der Waals surface area contributed by atoms with E-state index in [-0.39, 0.29) is 17.4 Å². The van der Waals surface area contributed by atoms with Gasteiger partial charge in [0.15, 0.2) is 6.10 Å². The van der Waals surface area contributed by atoms with Gasteiger partial charge in [0.25, 0.3) is 5.91 Å². The van der Waals surface area contributed by atoms with Crippen LogP contribution in [0.1, 0.15) is 67.8 Å². The second-order valence-electron chi connectivity index (χ2n) is 9.11. The first-order chi connectivity index (χ1) is 15.6. The van der Waals surface area contributed by atoms with Crippen LogP contribution in [-0.4, -0.2) is 58.0 Å². The van der Waals surface area contributed by atoms with Crippen molar-refractivity contribution in [1.82, 2.24) is 4.90 Å². The molecular weight excluding hydrogens is 464 g/mol. The maximum atomic E-state index is 12.9. The third-order valence-electron chi connectivity index (χ3n) is 6.61. The molecule has 2 saturated heterocycles. The lowest BCUT2D eigenvalue weighted by Crippen LogP contribution is -2.48. The van der Waals surface area contributed by atoms with E-state index in [2.05, 4.69) is 12.2 Å². The molecule has 0 spiro atoms. The van der Waals surface area contributed by atoms with Crippen LogP contribution in [0, 0.1) is 5.92 Å². The van der Waals surface area contributed by atoms with E-state index < -0.39 is 30.0 Å². The van der Waals surface area contributed by atoms with E-state index in [1.54, 1.807) is 23.6 Å². The molecule has 1 aromatic rings. The molecule has 33 heavy (non-hydrogen) atoms. The van der Waals surface area contributed by atoms with Crippen molar-refractivity contribution < 1.29 is 28.7 Å². The van der Waals surface area contributed by atoms with E-state index in [1.165, 1.54) is 18.3 Å². The number of thiophene rings is 1. The van der Waals surface area contributed by atoms with Crippen molar-refractivity contribution >= 4 is 51.9 Å². The van der Waals surface area contributed by atoms with Gasteiger partial charge in [-0.2, -0.15) is 0 Å². The monoisotopic (exact) mass is 494 g/mol. The molecule has 0 saturated carbocycles. The largest absolute Gasteiger partial charge is 0.462 e. The number of thioether (sulfide) groups is 1. The van der Waals surface area contributed by atoms with Crippen molar-refractivity contribution in [2.45, 2.75) is 76.8 Å². The van der Waals surface area contributed by atoms with E-state index in [4.69, 9.17) is 9.47 Å². The molecule has 2 aliphatic heterocycles. The predicted molar refractivity (Wildman–Crippen MR) is 126 cm³/mol. The minimum absolute atomic E-state index is 0.0565. The van der Waals surface area contributed by atoms with E-state index in [0.717, 1.165) is 29.7 Å². The number of nitrogens with zero attached hydrogens (tertiary/aromatic N) is 1. The molecule has 0 radical (unpaired) electrons. The average Bonchev–Trinajstić information content (AvgIpc) is 3.38. The summed E-state index contributed by atoms with van der Waals surface area (Å²) in [6.07, 6.45) is 2.65. The Bertz CT molecular complexity index is 992. The summed E-state index contributed by atoms with van der Waals surface area (Å²) in [6, 6.07) is -0.684. The first kappa shape index (κ1) is 24.1. The number of hydrogen-bond donors (Lipinski definition) is 1. The van der Waals surface area contributed by atoms with Gasteiger partial charge in [-0.05, 0) is 57.9 Å². The highest BCUT2D eigenvalue weighted by Crippen LogP contribution is 2.47. The van der Waals surface area contributed by atoms with Gasteiger partial charge >= 0.3 is 11.9 Å². The molecule has 2 amide bonds. The molecular formula is C23H30N2O6S2. The number of ether oxygens (including phenoxy) is 2. The van der Waals surface area contributed by atoms with Crippen molar-refractivity contribution in [1.29, 1.82) is 0 Å². The Morgan fingerprint density at radius 3 is 2.79 bits per heavy atom. The maximum Gasteiger partial charge on any atom is 0.341 e. The minimum atomic E-state index is -1.07. The summed E-state index contributed by atoms with van der Waals surface area (Å²) in [5.74, 6) is -0.620. The first-order valence-corrected chi connectivity index (χ1v) is 13.2. The summed E-state index contributed by atoms with van der Waals surface area (Å²) >= 11 is 2.97. The van der Waals surface area contributed by atoms with Crippen LogP contribution in [-0.2, 0) is 36.7 Å². The van der Waals surface area contributed by atoms with Gasteiger partial charge in [-0.3, -0.25) is 9.59 Å². The van der Waals surface area contributed by atoms with Crippen molar-refractivity contribution in [3.8, 4) is 0 Å². The third-order valence-corrected chi connectivity index (χ3v) is 9.28. The number of hydrogen-bond acceptors (Lipinski definition) is 8. The average molecular weight is 495 g/mol. The summed E-state index contributed by atoms with van der Waals surface area (Å²) in [6.45, 7) is 7.62. The fourth-order valence-electron chi connectivity index (χ4n) is 4.77. The van der Waals surface area contributed by atoms with Gasteiger partial charge in [0, 0.05) is 17.1 Å². The van der Waals surface area contributed by atoms with Gasteiger partial charge in [-0.15, -0.1) is 23.1 Å². The van der Waals surface area contributed by atoms with Crippen LogP contribution in [0.5, 0.6) is 0 Å². The molecule has 4 rings (SSSR count). The summed E-state index contributed by atoms with van der Waals surface area (Å²) in [5.41, 5.74) is 1.37. The molecule has 2 fully saturated rings. The number of nitrogens with one attached hydrogen (secondary N) is 1. The number of rotatable bonds is 6. The van der Waals surface area contributed by atoms with Crippen LogP contribution in [0.15, 0.2) is 0 Å². The van der Waals surface area contributed by atoms with Crippen LogP contribution in [0.25, 0.3) is 0 Å². The smallest absolute Gasteiger partial charge is 0.341 e. The molecule has 8 nitrogen and oxygen atoms in total. The van der Waals surface area contributed by atoms with Crippen molar-refractivity contribution in [3.05, 3.63) is 16.0 Å². The van der Waals surface area contributed by atoms with Crippen LogP contribution in [0.3, 0.4) is 0 Å². The third kappa shape index (κ3) is 4.51. The van der Waals surface area contributed by atoms with E-state index in [0.29, 0.717) is 35.1 Å². The van der Waals surface area contributed by atoms with E-state index in [1.807, 2.05) is 6.92 Å². The lowest BCUT2D eigenvalue weighted by atomic mass is 9.88. The highest BCUT2D eigenvalue weighted by Gasteiger charge is 2.53. The quantitative estimate of drug-likeness (QED) is 0.605. The Labute approximate surface area is 201 Å². The molecule has 1 aromatic heterocycles. The fourth-order valence-corrected chi connectivity index (χ4v) is 7.59. The summed E-state index contributed by atoms with van der Waals surface area (Å²) in [5, 5.41) is 3.24. The minimum Gasteiger partial charge on any atom is -0.462 e. The predicted octanol–water partition coefficient (Wildman–Crippen LogP) is 3.37. The molecule has 1 aliphatic carbocycles. The van der Waals surface area contributed by atoms with Crippen LogP contribution in [0.2, 0.25) is 0 Å². The zero-order valence-electron chi connectivity index (χ0n) is 19.4. The molecule has 3 heterocycles. The number of fused-ring (bicyclic) bond motifs is 2. The number of anilines is 1. The summed E-state index contributed by atoms with van der Waals surface area (Å²) < 4.78 is 10.7. The SMILES string of the molecule is CCOC(=O)c1c(NC(=O)[C@H](C)OC(=O)[C@@H]2CS[C@@]3(C)CCC(=O)N23)sc2c1CC[C@H](C)C2. The Hall–Kier alpha value is -2.07. The van der Waals surface area contributed by atoms with Crippen LogP contribution >= 0.6 is 23.1 Å². The Kier molecular flexibility index (Phi) is 6.77. The van der Waals surface area contributed by atoms with Crippen LogP contribution in [0.4, 0.5) is 5.00 Å². The Balaban J connectivity index is 1.46. The second kappa shape index (κ2) is 9.29. The zero-order chi connectivity index (χ0) is 23.9. The topological polar surface area (TPSA) is 102 Å². The van der Waals surface area contributed by atoms with Gasteiger partial charge < -0.3 is 19.7 Å². The molecule has 10 heteroatoms. The second-order valence-corrected chi connectivity index (χ2v) is 11.7. The van der Waals surface area contributed by atoms with E-state index in [9.17, 15) is 19.2 Å². The van der Waals surface area contributed by atoms with Crippen LogP contribution < -0.4 is 5.32 Å². The number of carbonyl (C=O) groups is 4. The number of amides is 2. The Morgan fingerprint density at radius 1 is 1.30 bits per heavy atom. The molecule has 0 bridgehead atoms. The van der Waals surface area contributed by atoms with Gasteiger partial charge in [-0.25, -0.2) is 9.59 Å². The van der Waals surface area contributed by atoms with Gasteiger partial charge in [0.1, 0.15) is 11.0 Å². The summed E-state index contributed by atoms with van der Waals surface area (Å²) in [4.78, 5) is 53.0. The standard InChI is InChI=1S/C23H30N2O6S2/c1-5-30-22(29)18-14-7-6-12(2)10-16(14)33-20(18)24-19(27)13(3)31-21(28)15-11-32-23(4)9-8-17(26)25(15)23/h12-13,15H,5-11H2,1-4H3,(H,24,27)/t12-,13-,15-,23-/m0/s1. The Morgan fingerprint density at radius 2 is 2.06 bits per heavy atom. The zero-order valence-corrected chi connectivity index (χ0v) is 21.0.